The first-order chi connectivity index (χ1) is 13.1. The Morgan fingerprint density at radius 1 is 1.26 bits per heavy atom. The van der Waals surface area contributed by atoms with Gasteiger partial charge in [0.05, 0.1) is 9.93 Å². The Bertz CT molecular complexity index is 935. The van der Waals surface area contributed by atoms with Crippen molar-refractivity contribution in [2.75, 3.05) is 13.2 Å². The fraction of sp³-hybridized carbons (Fsp3) is 0.143. The van der Waals surface area contributed by atoms with E-state index in [1.54, 1.807) is 23.1 Å². The first-order valence-corrected chi connectivity index (χ1v) is 9.84. The first kappa shape index (κ1) is 19.5. The molecule has 2 aromatic rings. The van der Waals surface area contributed by atoms with Crippen LogP contribution >= 0.6 is 35.6 Å². The van der Waals surface area contributed by atoms with Crippen LogP contribution in [0.1, 0.15) is 11.1 Å². The minimum absolute atomic E-state index is 0.0790. The quantitative estimate of drug-likeness (QED) is 0.386. The maximum absolute atomic E-state index is 12.7. The van der Waals surface area contributed by atoms with Crippen molar-refractivity contribution in [1.29, 1.82) is 0 Å². The van der Waals surface area contributed by atoms with Crippen molar-refractivity contribution in [2.45, 2.75) is 6.42 Å². The van der Waals surface area contributed by atoms with Crippen molar-refractivity contribution in [3.8, 4) is 18.1 Å². The van der Waals surface area contributed by atoms with Gasteiger partial charge in [0.2, 0.25) is 0 Å². The number of rotatable bonds is 6. The highest BCUT2D eigenvalue weighted by Crippen LogP contribution is 2.34. The molecule has 0 spiro atoms. The molecule has 0 aliphatic carbocycles. The molecule has 27 heavy (non-hydrogen) atoms. The van der Waals surface area contributed by atoms with Gasteiger partial charge in [-0.25, -0.2) is 0 Å². The number of carbonyl (C=O) groups excluding carboxylic acids is 1. The van der Waals surface area contributed by atoms with Crippen LogP contribution in [0.2, 0.25) is 5.02 Å². The molecule has 0 unspecified atom stereocenters. The molecule has 3 nitrogen and oxygen atoms in total. The molecule has 0 atom stereocenters. The van der Waals surface area contributed by atoms with Gasteiger partial charge in [0.15, 0.2) is 0 Å². The van der Waals surface area contributed by atoms with E-state index in [0.29, 0.717) is 26.5 Å². The molecule has 0 saturated carbocycles. The second kappa shape index (κ2) is 9.09. The first-order valence-electron chi connectivity index (χ1n) is 8.23. The third-order valence-electron chi connectivity index (χ3n) is 3.91. The number of hydrogen-bond acceptors (Lipinski definition) is 4. The molecule has 1 saturated heterocycles. The molecule has 1 fully saturated rings. The number of terminal acetylenes is 1. The van der Waals surface area contributed by atoms with E-state index in [-0.39, 0.29) is 12.5 Å². The second-order valence-electron chi connectivity index (χ2n) is 5.75. The van der Waals surface area contributed by atoms with Gasteiger partial charge in [-0.05, 0) is 35.8 Å². The van der Waals surface area contributed by atoms with E-state index in [9.17, 15) is 4.79 Å². The average Bonchev–Trinajstić information content (AvgIpc) is 2.93. The molecule has 6 heteroatoms. The summed E-state index contributed by atoms with van der Waals surface area (Å²) < 4.78 is 5.92. The number of carbonyl (C=O) groups is 1. The van der Waals surface area contributed by atoms with Crippen LogP contribution in [-0.2, 0) is 11.2 Å². The Balaban J connectivity index is 1.70. The zero-order chi connectivity index (χ0) is 19.2. The predicted octanol–water partition coefficient (Wildman–Crippen LogP) is 4.80. The van der Waals surface area contributed by atoms with Crippen molar-refractivity contribution in [1.82, 2.24) is 4.90 Å². The van der Waals surface area contributed by atoms with E-state index < -0.39 is 0 Å². The van der Waals surface area contributed by atoms with Crippen molar-refractivity contribution < 1.29 is 9.53 Å². The topological polar surface area (TPSA) is 29.5 Å². The number of thioether (sulfide) groups is 1. The van der Waals surface area contributed by atoms with Crippen LogP contribution in [0.25, 0.3) is 6.08 Å². The van der Waals surface area contributed by atoms with E-state index in [4.69, 9.17) is 35.0 Å². The van der Waals surface area contributed by atoms with Crippen molar-refractivity contribution >= 4 is 51.9 Å². The monoisotopic (exact) mass is 413 g/mol. The lowest BCUT2D eigenvalue weighted by Crippen LogP contribution is -2.30. The van der Waals surface area contributed by atoms with Gasteiger partial charge in [-0.15, -0.1) is 6.42 Å². The molecule has 136 valence electrons. The van der Waals surface area contributed by atoms with Crippen molar-refractivity contribution in [3.05, 3.63) is 69.6 Å². The summed E-state index contributed by atoms with van der Waals surface area (Å²) in [5.74, 6) is 2.83. The second-order valence-corrected chi connectivity index (χ2v) is 7.83. The molecule has 3 rings (SSSR count). The summed E-state index contributed by atoms with van der Waals surface area (Å²) >= 11 is 12.9. The summed E-state index contributed by atoms with van der Waals surface area (Å²) in [6, 6.07) is 15.3. The van der Waals surface area contributed by atoms with Gasteiger partial charge in [0.1, 0.15) is 16.7 Å². The highest BCUT2D eigenvalue weighted by Gasteiger charge is 2.31. The van der Waals surface area contributed by atoms with Crippen LogP contribution in [0.4, 0.5) is 0 Å². The summed E-state index contributed by atoms with van der Waals surface area (Å²) in [5, 5.41) is 0.443. The zero-order valence-electron chi connectivity index (χ0n) is 14.4. The van der Waals surface area contributed by atoms with E-state index in [1.165, 1.54) is 17.3 Å². The number of halogens is 1. The minimum Gasteiger partial charge on any atom is -0.479 e. The molecule has 1 amide bonds. The Kier molecular flexibility index (Phi) is 6.57. The van der Waals surface area contributed by atoms with Crippen molar-refractivity contribution in [2.24, 2.45) is 0 Å². The Morgan fingerprint density at radius 3 is 2.74 bits per heavy atom. The highest BCUT2D eigenvalue weighted by molar-refractivity contribution is 8.26. The third kappa shape index (κ3) is 4.92. The molecule has 1 aliphatic rings. The zero-order valence-corrected chi connectivity index (χ0v) is 16.7. The summed E-state index contributed by atoms with van der Waals surface area (Å²) in [7, 11) is 0. The molecule has 1 aliphatic heterocycles. The molecule has 2 aromatic carbocycles. The van der Waals surface area contributed by atoms with Crippen LogP contribution < -0.4 is 4.74 Å². The maximum Gasteiger partial charge on any atom is 0.266 e. The van der Waals surface area contributed by atoms with E-state index in [0.717, 1.165) is 12.0 Å². The summed E-state index contributed by atoms with van der Waals surface area (Å²) in [4.78, 5) is 14.9. The van der Waals surface area contributed by atoms with Crippen LogP contribution in [0.5, 0.6) is 5.75 Å². The smallest absolute Gasteiger partial charge is 0.266 e. The van der Waals surface area contributed by atoms with Gasteiger partial charge in [-0.1, -0.05) is 77.9 Å². The van der Waals surface area contributed by atoms with Gasteiger partial charge in [0, 0.05) is 6.54 Å². The summed E-state index contributed by atoms with van der Waals surface area (Å²) in [6.45, 7) is 0.713. The SMILES string of the molecule is C#CCOc1ccc(/C=C2\SC(=S)N(CCc3ccccc3)C2=O)cc1Cl. The van der Waals surface area contributed by atoms with Gasteiger partial charge in [-0.2, -0.15) is 0 Å². The molecule has 0 bridgehead atoms. The van der Waals surface area contributed by atoms with Gasteiger partial charge in [-0.3, -0.25) is 9.69 Å². The fourth-order valence-corrected chi connectivity index (χ4v) is 4.13. The van der Waals surface area contributed by atoms with Gasteiger partial charge in [0.25, 0.3) is 5.91 Å². The fourth-order valence-electron chi connectivity index (χ4n) is 2.57. The Morgan fingerprint density at radius 2 is 2.04 bits per heavy atom. The van der Waals surface area contributed by atoms with Gasteiger partial charge < -0.3 is 4.74 Å². The molecule has 1 heterocycles. The Labute approximate surface area is 173 Å². The Hall–Kier alpha value is -2.26. The predicted molar refractivity (Wildman–Crippen MR) is 116 cm³/mol. The van der Waals surface area contributed by atoms with Crippen LogP contribution in [0, 0.1) is 12.3 Å². The number of nitrogens with zero attached hydrogens (tertiary/aromatic N) is 1. The largest absolute Gasteiger partial charge is 0.479 e. The van der Waals surface area contributed by atoms with E-state index in [2.05, 4.69) is 5.92 Å². The lowest BCUT2D eigenvalue weighted by Gasteiger charge is -2.14. The molecule has 0 aromatic heterocycles. The normalized spacial score (nSPS) is 15.3. The number of benzene rings is 2. The number of thiocarbonyl (C=S) groups is 1. The molecule has 0 N–H and O–H groups in total. The summed E-state index contributed by atoms with van der Waals surface area (Å²) in [5.41, 5.74) is 1.97. The van der Waals surface area contributed by atoms with Crippen LogP contribution in [0.3, 0.4) is 0 Å². The third-order valence-corrected chi connectivity index (χ3v) is 5.58. The van der Waals surface area contributed by atoms with Crippen molar-refractivity contribution in [3.63, 3.8) is 0 Å². The van der Waals surface area contributed by atoms with E-state index in [1.807, 2.05) is 36.4 Å². The minimum atomic E-state index is -0.0790. The maximum atomic E-state index is 12.7. The molecule has 0 radical (unpaired) electrons. The van der Waals surface area contributed by atoms with Crippen LogP contribution in [-0.4, -0.2) is 28.3 Å². The lowest BCUT2D eigenvalue weighted by molar-refractivity contribution is -0.122. The number of hydrogen-bond donors (Lipinski definition) is 0. The van der Waals surface area contributed by atoms with E-state index >= 15 is 0 Å². The van der Waals surface area contributed by atoms with Gasteiger partial charge >= 0.3 is 0 Å². The molecular formula is C21H16ClNO2S2. The lowest BCUT2D eigenvalue weighted by atomic mass is 10.1. The number of ether oxygens (including phenoxy) is 1. The highest BCUT2D eigenvalue weighted by atomic mass is 35.5. The average molecular weight is 414 g/mol. The van der Waals surface area contributed by atoms with Crippen LogP contribution in [0.15, 0.2) is 53.4 Å². The molecular weight excluding hydrogens is 398 g/mol. The standard InChI is InChI=1S/C21H16ClNO2S2/c1-2-12-25-18-9-8-16(13-17(18)22)14-19-20(24)23(21(26)27-19)11-10-15-6-4-3-5-7-15/h1,3-9,13-14H,10-12H2/b19-14-. The number of amides is 1. The summed E-state index contributed by atoms with van der Waals surface area (Å²) in [6.07, 6.45) is 7.73.